The zero-order chi connectivity index (χ0) is 20.1. The topological polar surface area (TPSA) is 99.1 Å². The van der Waals surface area contributed by atoms with E-state index in [-0.39, 0.29) is 11.6 Å². The predicted octanol–water partition coefficient (Wildman–Crippen LogP) is 3.31. The summed E-state index contributed by atoms with van der Waals surface area (Å²) in [7, 11) is 1.62. The van der Waals surface area contributed by atoms with Crippen LogP contribution in [0.4, 0.5) is 0 Å². The van der Waals surface area contributed by atoms with Crippen molar-refractivity contribution in [3.05, 3.63) is 42.1 Å². The number of benzene rings is 1. The van der Waals surface area contributed by atoms with Gasteiger partial charge >= 0.3 is 5.97 Å². The molecule has 7 nitrogen and oxygen atoms in total. The average Bonchev–Trinajstić information content (AvgIpc) is 3.24. The zero-order valence-corrected chi connectivity index (χ0v) is 16.1. The second-order valence-corrected chi connectivity index (χ2v) is 7.18. The molecule has 1 fully saturated rings. The van der Waals surface area contributed by atoms with E-state index in [2.05, 4.69) is 16.3 Å². The molecule has 0 radical (unpaired) electrons. The molecule has 2 aromatic rings. The van der Waals surface area contributed by atoms with Crippen LogP contribution < -0.4 is 0 Å². The van der Waals surface area contributed by atoms with E-state index in [1.807, 2.05) is 30.3 Å². The fourth-order valence-electron chi connectivity index (χ4n) is 3.60. The quantitative estimate of drug-likeness (QED) is 0.802. The maximum Gasteiger partial charge on any atom is 0.357 e. The van der Waals surface area contributed by atoms with Crippen molar-refractivity contribution in [1.82, 2.24) is 15.1 Å². The average molecular weight is 380 g/mol. The monoisotopic (exact) mass is 380 g/mol. The van der Waals surface area contributed by atoms with Crippen LogP contribution in [0.3, 0.4) is 0 Å². The van der Waals surface area contributed by atoms with Crippen LogP contribution in [0.25, 0.3) is 11.3 Å². The van der Waals surface area contributed by atoms with Gasteiger partial charge in [-0.1, -0.05) is 49.6 Å². The minimum atomic E-state index is -0.992. The van der Waals surface area contributed by atoms with E-state index in [9.17, 15) is 14.9 Å². The summed E-state index contributed by atoms with van der Waals surface area (Å²) in [6, 6.07) is 13.3. The van der Waals surface area contributed by atoms with Gasteiger partial charge < -0.3 is 9.64 Å². The Morgan fingerprint density at radius 3 is 2.57 bits per heavy atom. The third kappa shape index (κ3) is 3.91. The van der Waals surface area contributed by atoms with Gasteiger partial charge in [0, 0.05) is 12.6 Å². The molecule has 3 rings (SSSR count). The van der Waals surface area contributed by atoms with Gasteiger partial charge in [-0.2, -0.15) is 10.4 Å². The molecular weight excluding hydrogens is 356 g/mol. The number of aromatic amines is 1. The Bertz CT molecular complexity index is 879. The Morgan fingerprint density at radius 1 is 1.25 bits per heavy atom. The number of ether oxygens (including phenoxy) is 1. The van der Waals surface area contributed by atoms with Crippen molar-refractivity contribution in [2.24, 2.45) is 0 Å². The molecule has 28 heavy (non-hydrogen) atoms. The van der Waals surface area contributed by atoms with E-state index in [1.54, 1.807) is 13.1 Å². The van der Waals surface area contributed by atoms with Gasteiger partial charge in [0.25, 0.3) is 5.91 Å². The number of likely N-dealkylation sites (N-methyl/N-ethyl adjacent to an activating group) is 1. The lowest BCUT2D eigenvalue weighted by atomic mass is 9.81. The molecular formula is C21H24N4O3. The summed E-state index contributed by atoms with van der Waals surface area (Å²) in [5, 5.41) is 16.4. The molecule has 0 bridgehead atoms. The largest absolute Gasteiger partial charge is 0.448 e. The Morgan fingerprint density at radius 2 is 1.93 bits per heavy atom. The molecule has 1 aromatic carbocycles. The van der Waals surface area contributed by atoms with Gasteiger partial charge in [-0.25, -0.2) is 4.79 Å². The summed E-state index contributed by atoms with van der Waals surface area (Å²) in [6.07, 6.45) is 3.19. The Labute approximate surface area is 164 Å². The number of hydrogen-bond donors (Lipinski definition) is 1. The predicted molar refractivity (Wildman–Crippen MR) is 103 cm³/mol. The number of carbonyl (C=O) groups is 2. The van der Waals surface area contributed by atoms with Gasteiger partial charge in [0.15, 0.2) is 6.10 Å². The number of rotatable bonds is 5. The van der Waals surface area contributed by atoms with Crippen LogP contribution in [0.1, 0.15) is 49.5 Å². The molecule has 1 aliphatic carbocycles. The Hall–Kier alpha value is -3.14. The molecule has 1 saturated carbocycles. The van der Waals surface area contributed by atoms with Crippen LogP contribution in [0.15, 0.2) is 36.4 Å². The van der Waals surface area contributed by atoms with E-state index in [0.717, 1.165) is 24.8 Å². The summed E-state index contributed by atoms with van der Waals surface area (Å²) in [5.41, 5.74) is 0.850. The van der Waals surface area contributed by atoms with E-state index < -0.39 is 17.6 Å². The van der Waals surface area contributed by atoms with Crippen LogP contribution in [0.2, 0.25) is 0 Å². The lowest BCUT2D eigenvalue weighted by Gasteiger charge is -2.39. The minimum Gasteiger partial charge on any atom is -0.448 e. The van der Waals surface area contributed by atoms with Crippen LogP contribution in [-0.2, 0) is 9.53 Å². The van der Waals surface area contributed by atoms with E-state index in [0.29, 0.717) is 18.5 Å². The van der Waals surface area contributed by atoms with Crippen LogP contribution in [-0.4, -0.2) is 45.7 Å². The maximum atomic E-state index is 12.8. The second kappa shape index (κ2) is 8.26. The van der Waals surface area contributed by atoms with E-state index in [4.69, 9.17) is 4.74 Å². The van der Waals surface area contributed by atoms with Crippen molar-refractivity contribution in [2.45, 2.75) is 50.7 Å². The van der Waals surface area contributed by atoms with Crippen LogP contribution in [0, 0.1) is 11.3 Å². The summed E-state index contributed by atoms with van der Waals surface area (Å²) >= 11 is 0. The highest BCUT2D eigenvalue weighted by Crippen LogP contribution is 2.33. The molecule has 1 atom stereocenters. The molecule has 0 aliphatic heterocycles. The van der Waals surface area contributed by atoms with Crippen molar-refractivity contribution in [3.63, 3.8) is 0 Å². The smallest absolute Gasteiger partial charge is 0.357 e. The molecule has 146 valence electrons. The minimum absolute atomic E-state index is 0.175. The maximum absolute atomic E-state index is 12.8. The zero-order valence-electron chi connectivity index (χ0n) is 16.1. The van der Waals surface area contributed by atoms with E-state index >= 15 is 0 Å². The number of H-pyrrole nitrogens is 1. The molecule has 0 spiro atoms. The Kier molecular flexibility index (Phi) is 5.78. The molecule has 1 heterocycles. The second-order valence-electron chi connectivity index (χ2n) is 7.18. The molecule has 0 unspecified atom stereocenters. The summed E-state index contributed by atoms with van der Waals surface area (Å²) in [4.78, 5) is 26.6. The van der Waals surface area contributed by atoms with Crippen molar-refractivity contribution < 1.29 is 14.3 Å². The summed E-state index contributed by atoms with van der Waals surface area (Å²) in [5.74, 6) is -1.03. The number of aromatic nitrogens is 2. The van der Waals surface area contributed by atoms with E-state index in [1.165, 1.54) is 11.8 Å². The molecule has 1 amide bonds. The number of hydrogen-bond acceptors (Lipinski definition) is 5. The fourth-order valence-corrected chi connectivity index (χ4v) is 3.60. The summed E-state index contributed by atoms with van der Waals surface area (Å²) in [6.45, 7) is 1.53. The highest BCUT2D eigenvalue weighted by molar-refractivity contribution is 5.91. The van der Waals surface area contributed by atoms with Gasteiger partial charge in [0.1, 0.15) is 11.2 Å². The number of nitrogens with zero attached hydrogens (tertiary/aromatic N) is 3. The highest BCUT2D eigenvalue weighted by atomic mass is 16.5. The normalized spacial score (nSPS) is 16.6. The number of carbonyl (C=O) groups excluding carboxylic acids is 2. The lowest BCUT2D eigenvalue weighted by Crippen LogP contribution is -2.53. The molecule has 7 heteroatoms. The van der Waals surface area contributed by atoms with Crippen LogP contribution in [0.5, 0.6) is 0 Å². The Balaban J connectivity index is 1.66. The third-order valence-corrected chi connectivity index (χ3v) is 5.36. The SMILES string of the molecule is C[C@H](OC(=O)c1cc(-c2ccccc2)n[nH]1)C(=O)N(C)C1(C#N)CCCCC1. The fraction of sp³-hybridized carbons (Fsp3) is 0.429. The summed E-state index contributed by atoms with van der Waals surface area (Å²) < 4.78 is 5.34. The standard InChI is InChI=1S/C21H24N4O3/c1-15(19(26)25(2)21(14-22)11-7-4-8-12-21)28-20(27)18-13-17(23-24-18)16-9-5-3-6-10-16/h3,5-6,9-10,13,15H,4,7-8,11-12H2,1-2H3,(H,23,24)/t15-/m0/s1. The highest BCUT2D eigenvalue weighted by Gasteiger charge is 2.40. The third-order valence-electron chi connectivity index (χ3n) is 5.36. The van der Waals surface area contributed by atoms with Gasteiger partial charge in [0.2, 0.25) is 0 Å². The molecule has 1 N–H and O–H groups in total. The number of nitriles is 1. The van der Waals surface area contributed by atoms with Crippen LogP contribution >= 0.6 is 0 Å². The first-order valence-electron chi connectivity index (χ1n) is 9.47. The first-order valence-corrected chi connectivity index (χ1v) is 9.47. The van der Waals surface area contributed by atoms with Crippen molar-refractivity contribution in [1.29, 1.82) is 5.26 Å². The van der Waals surface area contributed by atoms with Gasteiger partial charge in [-0.05, 0) is 25.8 Å². The molecule has 1 aliphatic rings. The van der Waals surface area contributed by atoms with Crippen molar-refractivity contribution in [3.8, 4) is 17.3 Å². The van der Waals surface area contributed by atoms with Gasteiger partial charge in [-0.3, -0.25) is 9.89 Å². The van der Waals surface area contributed by atoms with Gasteiger partial charge in [0.05, 0.1) is 11.8 Å². The molecule has 0 saturated heterocycles. The van der Waals surface area contributed by atoms with Crippen molar-refractivity contribution >= 4 is 11.9 Å². The number of esters is 1. The lowest BCUT2D eigenvalue weighted by molar-refractivity contribution is -0.143. The first-order chi connectivity index (χ1) is 13.5. The molecule has 1 aromatic heterocycles. The first kappa shape index (κ1) is 19.6. The number of amides is 1. The van der Waals surface area contributed by atoms with Crippen molar-refractivity contribution in [2.75, 3.05) is 7.05 Å². The van der Waals surface area contributed by atoms with Gasteiger partial charge in [-0.15, -0.1) is 0 Å². The number of nitrogens with one attached hydrogen (secondary N) is 1.